The fourth-order valence-corrected chi connectivity index (χ4v) is 3.25. The van der Waals surface area contributed by atoms with Crippen LogP contribution in [-0.2, 0) is 6.42 Å². The van der Waals surface area contributed by atoms with Gasteiger partial charge in [-0.05, 0) is 24.1 Å². The quantitative estimate of drug-likeness (QED) is 0.438. The smallest absolute Gasteiger partial charge is 0.163 e. The molecule has 0 atom stereocenters. The first kappa shape index (κ1) is 17.0. The largest absolute Gasteiger partial charge is 0.294 e. The van der Waals surface area contributed by atoms with Gasteiger partial charge in [-0.1, -0.05) is 78.9 Å². The molecule has 27 heavy (non-hydrogen) atoms. The molecule has 4 rings (SSSR count). The number of benzene rings is 3. The number of para-hydroxylation sites is 1. The summed E-state index contributed by atoms with van der Waals surface area (Å²) in [5, 5.41) is 4.62. The number of carbonyl (C=O) groups is 1. The van der Waals surface area contributed by atoms with E-state index in [4.69, 9.17) is 0 Å². The van der Waals surface area contributed by atoms with Gasteiger partial charge in [0, 0.05) is 17.5 Å². The zero-order valence-electron chi connectivity index (χ0n) is 15.0. The summed E-state index contributed by atoms with van der Waals surface area (Å²) < 4.78 is 1.96. The third-order valence-electron chi connectivity index (χ3n) is 4.61. The fraction of sp³-hybridized carbons (Fsp3) is 0.0833. The minimum atomic E-state index is 0.155. The number of carbonyl (C=O) groups excluding carboxylic acids is 1. The van der Waals surface area contributed by atoms with E-state index >= 15 is 0 Å². The summed E-state index contributed by atoms with van der Waals surface area (Å²) in [6.07, 6.45) is 3.00. The van der Waals surface area contributed by atoms with Gasteiger partial charge in [-0.2, -0.15) is 5.10 Å². The maximum atomic E-state index is 12.5. The summed E-state index contributed by atoms with van der Waals surface area (Å²) >= 11 is 0. The van der Waals surface area contributed by atoms with E-state index in [1.165, 1.54) is 0 Å². The van der Waals surface area contributed by atoms with Crippen molar-refractivity contribution in [2.24, 2.45) is 0 Å². The monoisotopic (exact) mass is 352 g/mol. The van der Waals surface area contributed by atoms with Gasteiger partial charge in [0.1, 0.15) is 0 Å². The zero-order chi connectivity index (χ0) is 18.5. The molecular weight excluding hydrogens is 332 g/mol. The minimum Gasteiger partial charge on any atom is -0.294 e. The Kier molecular flexibility index (Phi) is 4.93. The van der Waals surface area contributed by atoms with Crippen LogP contribution >= 0.6 is 0 Å². The average molecular weight is 352 g/mol. The van der Waals surface area contributed by atoms with Crippen LogP contribution in [0.4, 0.5) is 0 Å². The van der Waals surface area contributed by atoms with E-state index in [1.54, 1.807) is 0 Å². The lowest BCUT2D eigenvalue weighted by Crippen LogP contribution is -2.03. The SMILES string of the molecule is O=C(CCc1cnn(-c2ccccc2)c1-c1ccccc1)c1ccccc1. The van der Waals surface area contributed by atoms with E-state index in [9.17, 15) is 4.79 Å². The van der Waals surface area contributed by atoms with Crippen molar-refractivity contribution in [3.8, 4) is 16.9 Å². The number of aromatic nitrogens is 2. The summed E-state index contributed by atoms with van der Waals surface area (Å²) in [6, 6.07) is 29.8. The van der Waals surface area contributed by atoms with Crippen LogP contribution in [0.5, 0.6) is 0 Å². The molecular formula is C24H20N2O. The van der Waals surface area contributed by atoms with Crippen LogP contribution in [0.1, 0.15) is 22.3 Å². The number of hydrogen-bond acceptors (Lipinski definition) is 2. The summed E-state index contributed by atoms with van der Waals surface area (Å²) in [5.41, 5.74) is 4.99. The summed E-state index contributed by atoms with van der Waals surface area (Å²) in [4.78, 5) is 12.5. The maximum Gasteiger partial charge on any atom is 0.163 e. The van der Waals surface area contributed by atoms with E-state index in [-0.39, 0.29) is 5.78 Å². The molecule has 0 unspecified atom stereocenters. The first-order valence-electron chi connectivity index (χ1n) is 9.09. The number of ketones is 1. The summed E-state index contributed by atoms with van der Waals surface area (Å²) in [6.45, 7) is 0. The number of nitrogens with zero attached hydrogens (tertiary/aromatic N) is 2. The lowest BCUT2D eigenvalue weighted by atomic mass is 10.0. The van der Waals surface area contributed by atoms with Gasteiger partial charge in [0.15, 0.2) is 5.78 Å². The van der Waals surface area contributed by atoms with E-state index in [0.717, 1.165) is 28.1 Å². The van der Waals surface area contributed by atoms with Gasteiger partial charge < -0.3 is 0 Å². The van der Waals surface area contributed by atoms with E-state index < -0.39 is 0 Å². The Morgan fingerprint density at radius 2 is 1.37 bits per heavy atom. The summed E-state index contributed by atoms with van der Waals surface area (Å²) in [5.74, 6) is 0.155. The van der Waals surface area contributed by atoms with Crippen LogP contribution in [0, 0.1) is 0 Å². The lowest BCUT2D eigenvalue weighted by Gasteiger charge is -2.10. The third kappa shape index (κ3) is 3.72. The van der Waals surface area contributed by atoms with Crippen LogP contribution < -0.4 is 0 Å². The predicted molar refractivity (Wildman–Crippen MR) is 108 cm³/mol. The molecule has 0 aliphatic rings. The van der Waals surface area contributed by atoms with Crippen LogP contribution in [0.15, 0.2) is 97.2 Å². The molecule has 4 aromatic rings. The van der Waals surface area contributed by atoms with Gasteiger partial charge in [-0.3, -0.25) is 4.79 Å². The number of aryl methyl sites for hydroxylation is 1. The highest BCUT2D eigenvalue weighted by Gasteiger charge is 2.15. The third-order valence-corrected chi connectivity index (χ3v) is 4.61. The normalized spacial score (nSPS) is 10.7. The van der Waals surface area contributed by atoms with Crippen molar-refractivity contribution in [1.29, 1.82) is 0 Å². The lowest BCUT2D eigenvalue weighted by molar-refractivity contribution is 0.0983. The molecule has 0 aliphatic heterocycles. The molecule has 0 aliphatic carbocycles. The van der Waals surface area contributed by atoms with Gasteiger partial charge in [0.25, 0.3) is 0 Å². The number of rotatable bonds is 6. The Labute approximate surface area is 158 Å². The first-order valence-corrected chi connectivity index (χ1v) is 9.09. The molecule has 132 valence electrons. The molecule has 0 spiro atoms. The van der Waals surface area contributed by atoms with Gasteiger partial charge in [-0.25, -0.2) is 4.68 Å². The molecule has 3 aromatic carbocycles. The molecule has 3 heteroatoms. The minimum absolute atomic E-state index is 0.155. The Bertz CT molecular complexity index is 1020. The van der Waals surface area contributed by atoms with Crippen LogP contribution in [-0.4, -0.2) is 15.6 Å². The maximum absolute atomic E-state index is 12.5. The Morgan fingerprint density at radius 1 is 0.778 bits per heavy atom. The molecule has 0 saturated heterocycles. The standard InChI is InChI=1S/C24H20N2O/c27-23(19-10-4-1-5-11-19)17-16-21-18-25-26(22-14-8-3-9-15-22)24(21)20-12-6-2-7-13-20/h1-15,18H,16-17H2. The van der Waals surface area contributed by atoms with Crippen molar-refractivity contribution in [1.82, 2.24) is 9.78 Å². The predicted octanol–water partition coefficient (Wildman–Crippen LogP) is 5.35. The molecule has 1 aromatic heterocycles. The van der Waals surface area contributed by atoms with Crippen LogP contribution in [0.25, 0.3) is 16.9 Å². The van der Waals surface area contributed by atoms with E-state index in [1.807, 2.05) is 89.7 Å². The van der Waals surface area contributed by atoms with E-state index in [0.29, 0.717) is 12.8 Å². The van der Waals surface area contributed by atoms with Crippen molar-refractivity contribution in [3.05, 3.63) is 108 Å². The van der Waals surface area contributed by atoms with Crippen molar-refractivity contribution in [2.75, 3.05) is 0 Å². The highest BCUT2D eigenvalue weighted by molar-refractivity contribution is 5.96. The second-order valence-corrected chi connectivity index (χ2v) is 6.42. The zero-order valence-corrected chi connectivity index (χ0v) is 15.0. The number of Topliss-reactive ketones (excluding diaryl/α,β-unsaturated/α-hetero) is 1. The Hall–Kier alpha value is -3.46. The molecule has 0 bridgehead atoms. The Morgan fingerprint density at radius 3 is 2.04 bits per heavy atom. The molecule has 0 saturated carbocycles. The van der Waals surface area contributed by atoms with Crippen molar-refractivity contribution < 1.29 is 4.79 Å². The fourth-order valence-electron chi connectivity index (χ4n) is 3.25. The first-order chi connectivity index (χ1) is 13.3. The van der Waals surface area contributed by atoms with Gasteiger partial charge in [-0.15, -0.1) is 0 Å². The van der Waals surface area contributed by atoms with Crippen molar-refractivity contribution in [2.45, 2.75) is 12.8 Å². The summed E-state index contributed by atoms with van der Waals surface area (Å²) in [7, 11) is 0. The van der Waals surface area contributed by atoms with Crippen LogP contribution in [0.3, 0.4) is 0 Å². The topological polar surface area (TPSA) is 34.9 Å². The number of hydrogen-bond donors (Lipinski definition) is 0. The molecule has 1 heterocycles. The second kappa shape index (κ2) is 7.83. The van der Waals surface area contributed by atoms with Gasteiger partial charge in [0.2, 0.25) is 0 Å². The van der Waals surface area contributed by atoms with Crippen molar-refractivity contribution in [3.63, 3.8) is 0 Å². The molecule has 0 fully saturated rings. The Balaban J connectivity index is 1.67. The molecule has 0 radical (unpaired) electrons. The van der Waals surface area contributed by atoms with Gasteiger partial charge in [0.05, 0.1) is 17.6 Å². The van der Waals surface area contributed by atoms with E-state index in [2.05, 4.69) is 17.2 Å². The van der Waals surface area contributed by atoms with Crippen molar-refractivity contribution >= 4 is 5.78 Å². The highest BCUT2D eigenvalue weighted by Crippen LogP contribution is 2.27. The highest BCUT2D eigenvalue weighted by atomic mass is 16.1. The molecule has 3 nitrogen and oxygen atoms in total. The average Bonchev–Trinajstić information content (AvgIpc) is 3.18. The van der Waals surface area contributed by atoms with Gasteiger partial charge >= 0.3 is 0 Å². The molecule has 0 N–H and O–H groups in total. The molecule has 0 amide bonds. The second-order valence-electron chi connectivity index (χ2n) is 6.42. The van der Waals surface area contributed by atoms with Crippen LogP contribution in [0.2, 0.25) is 0 Å².